The van der Waals surface area contributed by atoms with Crippen molar-refractivity contribution in [1.82, 2.24) is 24.5 Å². The van der Waals surface area contributed by atoms with Gasteiger partial charge in [-0.1, -0.05) is 18.2 Å². The van der Waals surface area contributed by atoms with E-state index in [1.165, 1.54) is 6.33 Å². The van der Waals surface area contributed by atoms with Crippen molar-refractivity contribution in [2.45, 2.75) is 33.4 Å². The van der Waals surface area contributed by atoms with Gasteiger partial charge >= 0.3 is 0 Å². The van der Waals surface area contributed by atoms with E-state index >= 15 is 0 Å². The number of hydrogen-bond donors (Lipinski definition) is 2. The van der Waals surface area contributed by atoms with Gasteiger partial charge in [0.25, 0.3) is 5.91 Å². The summed E-state index contributed by atoms with van der Waals surface area (Å²) >= 11 is 0. The normalized spacial score (nSPS) is 16.0. The molecule has 0 bridgehead atoms. The minimum atomic E-state index is -0.396. The Morgan fingerprint density at radius 3 is 2.74 bits per heavy atom. The van der Waals surface area contributed by atoms with E-state index in [1.807, 2.05) is 62.0 Å². The van der Waals surface area contributed by atoms with E-state index < -0.39 is 6.04 Å². The van der Waals surface area contributed by atoms with Gasteiger partial charge in [0.1, 0.15) is 12.4 Å². The number of anilines is 2. The van der Waals surface area contributed by atoms with Crippen LogP contribution in [0.3, 0.4) is 0 Å². The number of carbonyl (C=O) groups is 1. The van der Waals surface area contributed by atoms with Gasteiger partial charge in [0.2, 0.25) is 5.95 Å². The fourth-order valence-corrected chi connectivity index (χ4v) is 3.36. The highest BCUT2D eigenvalue weighted by Crippen LogP contribution is 2.36. The van der Waals surface area contributed by atoms with E-state index in [0.717, 1.165) is 29.2 Å². The third-order valence-corrected chi connectivity index (χ3v) is 4.67. The molecule has 1 atom stereocenters. The maximum atomic E-state index is 13.2. The molecule has 1 aliphatic rings. The summed E-state index contributed by atoms with van der Waals surface area (Å²) in [6.07, 6.45) is 3.46. The summed E-state index contributed by atoms with van der Waals surface area (Å²) in [5.41, 5.74) is 3.88. The lowest BCUT2D eigenvalue weighted by Gasteiger charge is -2.28. The van der Waals surface area contributed by atoms with Gasteiger partial charge in [-0.2, -0.15) is 15.2 Å². The van der Waals surface area contributed by atoms with Crippen molar-refractivity contribution < 1.29 is 4.79 Å². The second-order valence-electron chi connectivity index (χ2n) is 6.44. The van der Waals surface area contributed by atoms with Crippen LogP contribution < -0.4 is 10.6 Å². The Labute approximate surface area is 156 Å². The van der Waals surface area contributed by atoms with Crippen molar-refractivity contribution >= 4 is 17.5 Å². The van der Waals surface area contributed by atoms with Crippen LogP contribution in [-0.4, -0.2) is 30.5 Å². The van der Waals surface area contributed by atoms with Gasteiger partial charge in [-0.15, -0.1) is 0 Å². The van der Waals surface area contributed by atoms with Crippen molar-refractivity contribution in [2.75, 3.05) is 10.6 Å². The Morgan fingerprint density at radius 2 is 2.04 bits per heavy atom. The molecule has 1 amide bonds. The van der Waals surface area contributed by atoms with Gasteiger partial charge in [0, 0.05) is 29.7 Å². The van der Waals surface area contributed by atoms with Crippen molar-refractivity contribution in [3.8, 4) is 0 Å². The molecule has 138 valence electrons. The van der Waals surface area contributed by atoms with Crippen LogP contribution in [0, 0.1) is 6.92 Å². The molecular weight excluding hydrogens is 342 g/mol. The Bertz CT molecular complexity index is 1020. The van der Waals surface area contributed by atoms with Gasteiger partial charge in [-0.3, -0.25) is 9.48 Å². The third-order valence-electron chi connectivity index (χ3n) is 4.67. The summed E-state index contributed by atoms with van der Waals surface area (Å²) in [5, 5.41) is 15.1. The number of aromatic nitrogens is 5. The summed E-state index contributed by atoms with van der Waals surface area (Å²) in [7, 11) is 0. The maximum Gasteiger partial charge on any atom is 0.255 e. The lowest BCUT2D eigenvalue weighted by Crippen LogP contribution is -2.31. The number of nitrogens with one attached hydrogen (secondary N) is 2. The molecule has 0 fully saturated rings. The smallest absolute Gasteiger partial charge is 0.255 e. The molecule has 0 radical (unpaired) electrons. The quantitative estimate of drug-likeness (QED) is 0.744. The van der Waals surface area contributed by atoms with Crippen LogP contribution in [0.15, 0.2) is 54.1 Å². The molecule has 0 aliphatic carbocycles. The number of aryl methyl sites for hydroxylation is 2. The maximum absolute atomic E-state index is 13.2. The monoisotopic (exact) mass is 363 g/mol. The highest BCUT2D eigenvalue weighted by atomic mass is 16.1. The van der Waals surface area contributed by atoms with Crippen molar-refractivity contribution in [2.24, 2.45) is 0 Å². The minimum Gasteiger partial charge on any atom is -0.328 e. The Morgan fingerprint density at radius 1 is 1.26 bits per heavy atom. The van der Waals surface area contributed by atoms with Crippen LogP contribution in [-0.2, 0) is 11.3 Å². The van der Waals surface area contributed by atoms with Crippen LogP contribution in [0.1, 0.15) is 31.1 Å². The lowest BCUT2D eigenvalue weighted by molar-refractivity contribution is -0.113. The standard InChI is InChI=1S/C19H21N7O/c1-4-25-10-15(12(2)24-25)17-16(13(3)22-19-20-11-21-26(17)19)18(27)23-14-8-6-5-7-9-14/h5-11,17H,4H2,1-3H3,(H,23,27)(H,20,21,22)/t17-/m0/s1. The van der Waals surface area contributed by atoms with Gasteiger partial charge in [-0.25, -0.2) is 4.68 Å². The third kappa shape index (κ3) is 2.99. The first-order chi connectivity index (χ1) is 13.1. The van der Waals surface area contributed by atoms with E-state index in [4.69, 9.17) is 0 Å². The number of benzene rings is 1. The SMILES string of the molecule is CCn1cc([C@H]2C(C(=O)Nc3ccccc3)=C(C)Nc3ncnn32)c(C)n1. The van der Waals surface area contributed by atoms with Crippen molar-refractivity contribution in [1.29, 1.82) is 0 Å². The van der Waals surface area contributed by atoms with Crippen molar-refractivity contribution in [3.05, 3.63) is 65.4 Å². The van der Waals surface area contributed by atoms with E-state index in [0.29, 0.717) is 11.5 Å². The van der Waals surface area contributed by atoms with Gasteiger partial charge in [-0.05, 0) is 32.9 Å². The number of amides is 1. The summed E-state index contributed by atoms with van der Waals surface area (Å²) in [6.45, 7) is 6.61. The Hall–Kier alpha value is -3.42. The molecule has 1 aromatic carbocycles. The molecule has 1 aliphatic heterocycles. The molecule has 2 N–H and O–H groups in total. The zero-order chi connectivity index (χ0) is 19.0. The number of allylic oxidation sites excluding steroid dienone is 1. The molecule has 0 saturated heterocycles. The van der Waals surface area contributed by atoms with Crippen LogP contribution >= 0.6 is 0 Å². The first-order valence-electron chi connectivity index (χ1n) is 8.86. The predicted molar refractivity (Wildman–Crippen MR) is 102 cm³/mol. The minimum absolute atomic E-state index is 0.180. The van der Waals surface area contributed by atoms with Crippen LogP contribution in [0.4, 0.5) is 11.6 Å². The van der Waals surface area contributed by atoms with Crippen LogP contribution in [0.25, 0.3) is 0 Å². The average Bonchev–Trinajstić information content (AvgIpc) is 3.27. The largest absolute Gasteiger partial charge is 0.328 e. The second kappa shape index (κ2) is 6.71. The molecular formula is C19H21N7O. The summed E-state index contributed by atoms with van der Waals surface area (Å²) in [4.78, 5) is 17.4. The topological polar surface area (TPSA) is 89.7 Å². The molecule has 0 saturated carbocycles. The molecule has 3 heterocycles. The molecule has 0 unspecified atom stereocenters. The van der Waals surface area contributed by atoms with Gasteiger partial charge in [0.15, 0.2) is 0 Å². The fourth-order valence-electron chi connectivity index (χ4n) is 3.36. The zero-order valence-corrected chi connectivity index (χ0v) is 15.5. The Balaban J connectivity index is 1.79. The summed E-state index contributed by atoms with van der Waals surface area (Å²) < 4.78 is 3.60. The van der Waals surface area contributed by atoms with E-state index in [2.05, 4.69) is 25.8 Å². The second-order valence-corrected chi connectivity index (χ2v) is 6.44. The predicted octanol–water partition coefficient (Wildman–Crippen LogP) is 2.73. The molecule has 8 nitrogen and oxygen atoms in total. The zero-order valence-electron chi connectivity index (χ0n) is 15.5. The first kappa shape index (κ1) is 17.0. The van der Waals surface area contributed by atoms with Gasteiger partial charge < -0.3 is 10.6 Å². The van der Waals surface area contributed by atoms with Crippen molar-refractivity contribution in [3.63, 3.8) is 0 Å². The summed E-state index contributed by atoms with van der Waals surface area (Å²) in [5.74, 6) is 0.429. The molecule has 2 aromatic heterocycles. The van der Waals surface area contributed by atoms with Crippen LogP contribution in [0.5, 0.6) is 0 Å². The van der Waals surface area contributed by atoms with E-state index in [1.54, 1.807) is 4.68 Å². The lowest BCUT2D eigenvalue weighted by atomic mass is 9.95. The highest BCUT2D eigenvalue weighted by molar-refractivity contribution is 6.06. The average molecular weight is 363 g/mol. The van der Waals surface area contributed by atoms with Crippen LogP contribution in [0.2, 0.25) is 0 Å². The van der Waals surface area contributed by atoms with E-state index in [-0.39, 0.29) is 5.91 Å². The number of rotatable bonds is 4. The molecule has 3 aromatic rings. The number of carbonyl (C=O) groups excluding carboxylic acids is 1. The number of para-hydroxylation sites is 1. The molecule has 0 spiro atoms. The number of hydrogen-bond acceptors (Lipinski definition) is 5. The summed E-state index contributed by atoms with van der Waals surface area (Å²) in [6, 6.07) is 9.01. The first-order valence-corrected chi connectivity index (χ1v) is 8.86. The molecule has 8 heteroatoms. The fraction of sp³-hybridized carbons (Fsp3) is 0.263. The molecule has 27 heavy (non-hydrogen) atoms. The molecule has 4 rings (SSSR count). The Kier molecular flexibility index (Phi) is 4.23. The number of nitrogens with zero attached hydrogens (tertiary/aromatic N) is 5. The van der Waals surface area contributed by atoms with Gasteiger partial charge in [0.05, 0.1) is 11.3 Å². The number of fused-ring (bicyclic) bond motifs is 1. The highest BCUT2D eigenvalue weighted by Gasteiger charge is 2.35. The van der Waals surface area contributed by atoms with E-state index in [9.17, 15) is 4.79 Å².